The lowest BCUT2D eigenvalue weighted by Gasteiger charge is -1.99. The number of carbonyl (C=O) groups is 2. The number of halogens is 1. The third-order valence-corrected chi connectivity index (χ3v) is 0.738. The van der Waals surface area contributed by atoms with Crippen molar-refractivity contribution in [1.29, 1.82) is 0 Å². The smallest absolute Gasteiger partial charge is 0.321 e. The molecule has 0 aromatic rings. The molecule has 0 saturated heterocycles. The molecular weight excluding hydrogens is 160 g/mol. The summed E-state index contributed by atoms with van der Waals surface area (Å²) in [6.07, 6.45) is -0.310. The van der Waals surface area contributed by atoms with Crippen LogP contribution in [0.15, 0.2) is 0 Å². The molecule has 0 saturated carbocycles. The molecule has 1 atom stereocenters. The monoisotopic (exact) mass is 168 g/mol. The van der Waals surface area contributed by atoms with E-state index in [0.29, 0.717) is 0 Å². The van der Waals surface area contributed by atoms with Crippen LogP contribution in [0, 0.1) is 0 Å². The molecular formula is C4H9ClN2O3. The average molecular weight is 169 g/mol. The molecule has 0 aliphatic rings. The van der Waals surface area contributed by atoms with Crippen molar-refractivity contribution in [2.45, 2.75) is 12.5 Å². The largest absolute Gasteiger partial charge is 0.480 e. The maximum atomic E-state index is 9.99. The van der Waals surface area contributed by atoms with Gasteiger partial charge in [-0.25, -0.2) is 0 Å². The third kappa shape index (κ3) is 5.33. The molecule has 0 aliphatic heterocycles. The first-order valence-electron chi connectivity index (χ1n) is 2.30. The number of carbonyl (C=O) groups excluding carboxylic acids is 1. The molecule has 0 aliphatic carbocycles. The second-order valence-corrected chi connectivity index (χ2v) is 1.62. The first kappa shape index (κ1) is 11.9. The number of primary amides is 1. The van der Waals surface area contributed by atoms with Gasteiger partial charge in [0.15, 0.2) is 0 Å². The topological polar surface area (TPSA) is 106 Å². The van der Waals surface area contributed by atoms with E-state index in [1.54, 1.807) is 0 Å². The first-order chi connectivity index (χ1) is 4.04. The number of nitrogens with two attached hydrogens (primary N) is 2. The maximum absolute atomic E-state index is 9.99. The lowest BCUT2D eigenvalue weighted by atomic mass is 10.2. The Balaban J connectivity index is 0. The minimum Gasteiger partial charge on any atom is -0.480 e. The predicted molar refractivity (Wildman–Crippen MR) is 36.7 cm³/mol. The number of amides is 1. The third-order valence-electron chi connectivity index (χ3n) is 0.738. The standard InChI is InChI=1S/C4H8N2O3.ClH/c5-2(4(8)9)1-3(6)7;/h2H,1,5H2,(H2,6,7)(H,8,9);1H/t2-;/m0./s1. The van der Waals surface area contributed by atoms with E-state index in [0.717, 1.165) is 0 Å². The van der Waals surface area contributed by atoms with Gasteiger partial charge in [0, 0.05) is 0 Å². The summed E-state index contributed by atoms with van der Waals surface area (Å²) in [6, 6.07) is -1.16. The highest BCUT2D eigenvalue weighted by molar-refractivity contribution is 5.85. The summed E-state index contributed by atoms with van der Waals surface area (Å²) in [6.45, 7) is 0. The van der Waals surface area contributed by atoms with Gasteiger partial charge >= 0.3 is 5.97 Å². The van der Waals surface area contributed by atoms with Crippen LogP contribution in [0.3, 0.4) is 0 Å². The van der Waals surface area contributed by atoms with E-state index in [9.17, 15) is 9.59 Å². The van der Waals surface area contributed by atoms with E-state index < -0.39 is 17.9 Å². The fourth-order valence-corrected chi connectivity index (χ4v) is 0.304. The van der Waals surface area contributed by atoms with Crippen LogP contribution in [0.5, 0.6) is 0 Å². The van der Waals surface area contributed by atoms with Gasteiger partial charge in [-0.05, 0) is 0 Å². The number of carboxylic acids is 1. The SMILES string of the molecule is Cl.NC(=O)C[C@H](N)C(=O)O. The molecule has 0 heterocycles. The highest BCUT2D eigenvalue weighted by atomic mass is 35.5. The lowest BCUT2D eigenvalue weighted by Crippen LogP contribution is -2.34. The molecule has 1 amide bonds. The first-order valence-corrected chi connectivity index (χ1v) is 2.30. The maximum Gasteiger partial charge on any atom is 0.321 e. The van der Waals surface area contributed by atoms with Crippen molar-refractivity contribution in [3.63, 3.8) is 0 Å². The molecule has 0 fully saturated rings. The second kappa shape index (κ2) is 5.01. The Morgan fingerprint density at radius 3 is 2.00 bits per heavy atom. The van der Waals surface area contributed by atoms with E-state index in [2.05, 4.69) is 5.73 Å². The minimum atomic E-state index is -1.21. The van der Waals surface area contributed by atoms with E-state index in [1.807, 2.05) is 0 Å². The lowest BCUT2D eigenvalue weighted by molar-refractivity contribution is -0.140. The summed E-state index contributed by atoms with van der Waals surface area (Å²) in [7, 11) is 0. The molecule has 60 valence electrons. The van der Waals surface area contributed by atoms with Gasteiger partial charge in [-0.2, -0.15) is 0 Å². The quantitative estimate of drug-likeness (QED) is 0.487. The zero-order valence-electron chi connectivity index (χ0n) is 5.11. The van der Waals surface area contributed by atoms with Gasteiger partial charge in [-0.1, -0.05) is 0 Å². The second-order valence-electron chi connectivity index (χ2n) is 1.62. The Hall–Kier alpha value is -0.810. The normalized spacial score (nSPS) is 11.3. The van der Waals surface area contributed by atoms with E-state index >= 15 is 0 Å². The molecule has 0 unspecified atom stereocenters. The van der Waals surface area contributed by atoms with Crippen molar-refractivity contribution in [1.82, 2.24) is 0 Å². The molecule has 0 bridgehead atoms. The van der Waals surface area contributed by atoms with Gasteiger partial charge in [-0.15, -0.1) is 12.4 Å². The molecule has 5 nitrogen and oxygen atoms in total. The van der Waals surface area contributed by atoms with Crippen LogP contribution in [0.2, 0.25) is 0 Å². The molecule has 0 rings (SSSR count). The van der Waals surface area contributed by atoms with Gasteiger partial charge < -0.3 is 16.6 Å². The van der Waals surface area contributed by atoms with Crippen LogP contribution in [0.1, 0.15) is 6.42 Å². The fourth-order valence-electron chi connectivity index (χ4n) is 0.304. The summed E-state index contributed by atoms with van der Waals surface area (Å²) in [5, 5.41) is 8.10. The molecule has 0 spiro atoms. The summed E-state index contributed by atoms with van der Waals surface area (Å²) >= 11 is 0. The van der Waals surface area contributed by atoms with Crippen LogP contribution in [-0.2, 0) is 9.59 Å². The Bertz CT molecular complexity index is 138. The van der Waals surface area contributed by atoms with Crippen molar-refractivity contribution >= 4 is 24.3 Å². The molecule has 0 aromatic carbocycles. The molecule has 0 radical (unpaired) electrons. The van der Waals surface area contributed by atoms with Crippen molar-refractivity contribution in [3.8, 4) is 0 Å². The number of carboxylic acid groups (broad SMARTS) is 1. The zero-order valence-corrected chi connectivity index (χ0v) is 5.93. The molecule has 6 heteroatoms. The van der Waals surface area contributed by atoms with Crippen LogP contribution in [0.25, 0.3) is 0 Å². The fraction of sp³-hybridized carbons (Fsp3) is 0.500. The van der Waals surface area contributed by atoms with E-state index in [4.69, 9.17) is 10.8 Å². The number of aliphatic carboxylic acids is 1. The Morgan fingerprint density at radius 1 is 1.50 bits per heavy atom. The molecule has 0 aromatic heterocycles. The van der Waals surface area contributed by atoms with Crippen molar-refractivity contribution in [2.24, 2.45) is 11.5 Å². The summed E-state index contributed by atoms with van der Waals surface area (Å²) in [5.74, 6) is -1.92. The summed E-state index contributed by atoms with van der Waals surface area (Å²) in [5.41, 5.74) is 9.57. The predicted octanol–water partition coefficient (Wildman–Crippen LogP) is -1.30. The highest BCUT2D eigenvalue weighted by Crippen LogP contribution is 1.84. The van der Waals surface area contributed by atoms with Crippen molar-refractivity contribution < 1.29 is 14.7 Å². The highest BCUT2D eigenvalue weighted by Gasteiger charge is 2.13. The van der Waals surface area contributed by atoms with Gasteiger partial charge in [0.05, 0.1) is 6.42 Å². The van der Waals surface area contributed by atoms with Gasteiger partial charge in [0.25, 0.3) is 0 Å². The van der Waals surface area contributed by atoms with Gasteiger partial charge in [0.1, 0.15) is 6.04 Å². The van der Waals surface area contributed by atoms with Gasteiger partial charge in [-0.3, -0.25) is 9.59 Å². The number of rotatable bonds is 3. The van der Waals surface area contributed by atoms with Crippen LogP contribution < -0.4 is 11.5 Å². The van der Waals surface area contributed by atoms with Crippen LogP contribution >= 0.6 is 12.4 Å². The average Bonchev–Trinajstić information content (AvgIpc) is 1.63. The van der Waals surface area contributed by atoms with Crippen LogP contribution in [-0.4, -0.2) is 23.0 Å². The zero-order chi connectivity index (χ0) is 7.44. The Labute approximate surface area is 63.8 Å². The van der Waals surface area contributed by atoms with Crippen molar-refractivity contribution in [2.75, 3.05) is 0 Å². The number of hydrogen-bond acceptors (Lipinski definition) is 3. The Kier molecular flexibility index (Phi) is 5.98. The molecule has 5 N–H and O–H groups in total. The van der Waals surface area contributed by atoms with E-state index in [-0.39, 0.29) is 18.8 Å². The Morgan fingerprint density at radius 2 is 1.90 bits per heavy atom. The minimum absolute atomic E-state index is 0. The number of hydrogen-bond donors (Lipinski definition) is 3. The van der Waals surface area contributed by atoms with Gasteiger partial charge in [0.2, 0.25) is 5.91 Å². The summed E-state index contributed by atoms with van der Waals surface area (Å²) < 4.78 is 0. The molecule has 10 heavy (non-hydrogen) atoms. The van der Waals surface area contributed by atoms with Crippen LogP contribution in [0.4, 0.5) is 0 Å². The van der Waals surface area contributed by atoms with Crippen molar-refractivity contribution in [3.05, 3.63) is 0 Å². The van der Waals surface area contributed by atoms with E-state index in [1.165, 1.54) is 0 Å². The summed E-state index contributed by atoms with van der Waals surface area (Å²) in [4.78, 5) is 19.9.